The lowest BCUT2D eigenvalue weighted by Crippen LogP contribution is -1.63. The summed E-state index contributed by atoms with van der Waals surface area (Å²) < 4.78 is 2.35. The van der Waals surface area contributed by atoms with Crippen molar-refractivity contribution in [2.45, 2.75) is 5.33 Å². The molecule has 9 heavy (non-hydrogen) atoms. The molecule has 0 N–H and O–H groups in total. The minimum Gasteiger partial charge on any atom is -0.131 e. The summed E-state index contributed by atoms with van der Waals surface area (Å²) in [6, 6.07) is 2.06. The van der Waals surface area contributed by atoms with Crippen molar-refractivity contribution >= 4 is 59.1 Å². The van der Waals surface area contributed by atoms with E-state index in [9.17, 15) is 0 Å². The Hall–Kier alpha value is 1.14. The van der Waals surface area contributed by atoms with E-state index in [2.05, 4.69) is 53.9 Å². The highest BCUT2D eigenvalue weighted by molar-refractivity contribution is 9.11. The third-order valence-electron chi connectivity index (χ3n) is 0.849. The smallest absolute Gasteiger partial charge is 0.0713 e. The van der Waals surface area contributed by atoms with Gasteiger partial charge in [0, 0.05) is 14.7 Å². The average Bonchev–Trinajstić information content (AvgIpc) is 2.10. The first-order valence-corrected chi connectivity index (χ1v) is 5.76. The fourth-order valence-corrected chi connectivity index (χ4v) is 4.00. The molecular weight excluding hydrogens is 332 g/mol. The van der Waals surface area contributed by atoms with Crippen molar-refractivity contribution in [2.24, 2.45) is 0 Å². The molecule has 0 radical (unpaired) electrons. The highest BCUT2D eigenvalue weighted by Gasteiger charge is 2.01. The van der Waals surface area contributed by atoms with Gasteiger partial charge in [0.2, 0.25) is 0 Å². The van der Waals surface area contributed by atoms with Crippen molar-refractivity contribution in [2.75, 3.05) is 0 Å². The summed E-state index contributed by atoms with van der Waals surface area (Å²) in [5, 5.41) is 0.920. The Bertz CT molecular complexity index is 206. The molecule has 0 aliphatic carbocycles. The Labute approximate surface area is 83.0 Å². The van der Waals surface area contributed by atoms with E-state index in [-0.39, 0.29) is 0 Å². The second-order valence-electron chi connectivity index (χ2n) is 1.46. The standard InChI is InChI=1S/C5H3Br3S/c6-2-4-3(7)1-5(8)9-4/h1H,2H2. The molecule has 0 fully saturated rings. The molecule has 0 aliphatic heterocycles. The van der Waals surface area contributed by atoms with Gasteiger partial charge in [-0.2, -0.15) is 0 Å². The maximum Gasteiger partial charge on any atom is 0.0713 e. The summed E-state index contributed by atoms with van der Waals surface area (Å²) in [6.45, 7) is 0. The highest BCUT2D eigenvalue weighted by Crippen LogP contribution is 2.32. The van der Waals surface area contributed by atoms with Crippen molar-refractivity contribution in [3.05, 3.63) is 19.2 Å². The Balaban J connectivity index is 3.01. The van der Waals surface area contributed by atoms with Gasteiger partial charge in [0.15, 0.2) is 0 Å². The molecule has 1 aromatic heterocycles. The maximum atomic E-state index is 3.43. The van der Waals surface area contributed by atoms with E-state index in [0.717, 1.165) is 5.33 Å². The van der Waals surface area contributed by atoms with Gasteiger partial charge in [0.25, 0.3) is 0 Å². The molecule has 1 rings (SSSR count). The molecule has 0 spiro atoms. The number of hydrogen-bond donors (Lipinski definition) is 0. The Morgan fingerprint density at radius 1 is 1.44 bits per heavy atom. The molecule has 1 heterocycles. The lowest BCUT2D eigenvalue weighted by Gasteiger charge is -1.84. The third-order valence-corrected chi connectivity index (χ3v) is 4.39. The van der Waals surface area contributed by atoms with E-state index >= 15 is 0 Å². The van der Waals surface area contributed by atoms with Crippen LogP contribution in [0.1, 0.15) is 4.88 Å². The van der Waals surface area contributed by atoms with Gasteiger partial charge in [-0.1, -0.05) is 15.9 Å². The Kier molecular flexibility index (Phi) is 3.21. The zero-order valence-corrected chi connectivity index (χ0v) is 9.90. The molecule has 0 saturated carbocycles. The Morgan fingerprint density at radius 2 is 2.11 bits per heavy atom. The molecule has 0 aliphatic rings. The molecule has 0 amide bonds. The van der Waals surface area contributed by atoms with Crippen LogP contribution in [0.4, 0.5) is 0 Å². The minimum absolute atomic E-state index is 0.920. The van der Waals surface area contributed by atoms with Crippen LogP contribution in [0.25, 0.3) is 0 Å². The van der Waals surface area contributed by atoms with Gasteiger partial charge in [0.05, 0.1) is 3.79 Å². The van der Waals surface area contributed by atoms with Crippen molar-refractivity contribution in [1.82, 2.24) is 0 Å². The van der Waals surface area contributed by atoms with Crippen LogP contribution in [0.2, 0.25) is 0 Å². The van der Waals surface area contributed by atoms with Gasteiger partial charge in [-0.15, -0.1) is 11.3 Å². The predicted octanol–water partition coefficient (Wildman–Crippen LogP) is 4.17. The topological polar surface area (TPSA) is 0 Å². The summed E-state index contributed by atoms with van der Waals surface area (Å²) in [5.74, 6) is 0. The SMILES string of the molecule is BrCc1sc(Br)cc1Br. The van der Waals surface area contributed by atoms with Crippen LogP contribution in [-0.4, -0.2) is 0 Å². The van der Waals surface area contributed by atoms with Gasteiger partial charge in [-0.3, -0.25) is 0 Å². The van der Waals surface area contributed by atoms with Crippen LogP contribution < -0.4 is 0 Å². The molecule has 0 atom stereocenters. The van der Waals surface area contributed by atoms with Crippen LogP contribution in [0, 0.1) is 0 Å². The minimum atomic E-state index is 0.920. The number of halogens is 3. The van der Waals surface area contributed by atoms with Crippen molar-refractivity contribution in [3.63, 3.8) is 0 Å². The van der Waals surface area contributed by atoms with E-state index in [4.69, 9.17) is 0 Å². The van der Waals surface area contributed by atoms with Crippen LogP contribution in [0.3, 0.4) is 0 Å². The van der Waals surface area contributed by atoms with E-state index in [1.807, 2.05) is 0 Å². The largest absolute Gasteiger partial charge is 0.131 e. The molecule has 0 nitrogen and oxygen atoms in total. The molecule has 0 aromatic carbocycles. The van der Waals surface area contributed by atoms with Gasteiger partial charge in [-0.25, -0.2) is 0 Å². The summed E-state index contributed by atoms with van der Waals surface area (Å²) in [7, 11) is 0. The van der Waals surface area contributed by atoms with Crippen LogP contribution >= 0.6 is 59.1 Å². The molecule has 0 saturated heterocycles. The zero-order chi connectivity index (χ0) is 6.85. The fourth-order valence-electron chi connectivity index (χ4n) is 0.467. The summed E-state index contributed by atoms with van der Waals surface area (Å²) in [4.78, 5) is 1.32. The second-order valence-corrected chi connectivity index (χ2v) is 5.39. The first kappa shape index (κ1) is 8.24. The van der Waals surface area contributed by atoms with Crippen LogP contribution in [0.5, 0.6) is 0 Å². The monoisotopic (exact) mass is 332 g/mol. The van der Waals surface area contributed by atoms with Crippen LogP contribution in [-0.2, 0) is 5.33 Å². The summed E-state index contributed by atoms with van der Waals surface area (Å²) in [6.07, 6.45) is 0. The lowest BCUT2D eigenvalue weighted by atomic mass is 10.5. The molecular formula is C5H3Br3S. The molecule has 0 unspecified atom stereocenters. The molecule has 0 bridgehead atoms. The van der Waals surface area contributed by atoms with Gasteiger partial charge >= 0.3 is 0 Å². The van der Waals surface area contributed by atoms with Gasteiger partial charge in [-0.05, 0) is 37.9 Å². The normalized spacial score (nSPS) is 10.1. The first-order chi connectivity index (χ1) is 4.24. The van der Waals surface area contributed by atoms with E-state index in [1.54, 1.807) is 11.3 Å². The van der Waals surface area contributed by atoms with Crippen molar-refractivity contribution in [3.8, 4) is 0 Å². The molecule has 4 heteroatoms. The Morgan fingerprint density at radius 3 is 2.33 bits per heavy atom. The molecule has 50 valence electrons. The van der Waals surface area contributed by atoms with Crippen LogP contribution in [0.15, 0.2) is 14.3 Å². The van der Waals surface area contributed by atoms with Crippen molar-refractivity contribution in [1.29, 1.82) is 0 Å². The van der Waals surface area contributed by atoms with E-state index in [0.29, 0.717) is 0 Å². The first-order valence-electron chi connectivity index (χ1n) is 2.23. The number of rotatable bonds is 1. The third kappa shape index (κ3) is 2.03. The number of thiophene rings is 1. The van der Waals surface area contributed by atoms with E-state index in [1.165, 1.54) is 13.1 Å². The number of hydrogen-bond acceptors (Lipinski definition) is 1. The van der Waals surface area contributed by atoms with Gasteiger partial charge in [0.1, 0.15) is 0 Å². The van der Waals surface area contributed by atoms with Gasteiger partial charge < -0.3 is 0 Å². The van der Waals surface area contributed by atoms with E-state index < -0.39 is 0 Å². The second kappa shape index (κ2) is 3.51. The lowest BCUT2D eigenvalue weighted by molar-refractivity contribution is 1.54. The average molecular weight is 335 g/mol. The quantitative estimate of drug-likeness (QED) is 0.676. The highest BCUT2D eigenvalue weighted by atomic mass is 79.9. The van der Waals surface area contributed by atoms with Crippen molar-refractivity contribution < 1.29 is 0 Å². The summed E-state index contributed by atoms with van der Waals surface area (Å²) in [5.41, 5.74) is 0. The zero-order valence-electron chi connectivity index (χ0n) is 4.33. The summed E-state index contributed by atoms with van der Waals surface area (Å²) >= 11 is 11.9. The number of alkyl halides is 1. The molecule has 1 aromatic rings. The predicted molar refractivity (Wildman–Crippen MR) is 52.4 cm³/mol. The fraction of sp³-hybridized carbons (Fsp3) is 0.200. The maximum absolute atomic E-state index is 3.43.